The maximum Gasteiger partial charge on any atom is 0.253 e. The van der Waals surface area contributed by atoms with E-state index in [4.69, 9.17) is 9.47 Å². The number of aryl methyl sites for hydroxylation is 1. The molecule has 0 saturated carbocycles. The molecule has 7 nitrogen and oxygen atoms in total. The van der Waals surface area contributed by atoms with Gasteiger partial charge in [0, 0.05) is 80.6 Å². The van der Waals surface area contributed by atoms with Crippen LogP contribution in [0.3, 0.4) is 0 Å². The van der Waals surface area contributed by atoms with Crippen molar-refractivity contribution in [1.29, 1.82) is 0 Å². The number of benzene rings is 5. The average Bonchev–Trinajstić information content (AvgIpc) is 3.61. The van der Waals surface area contributed by atoms with Crippen LogP contribution >= 0.6 is 31.9 Å². The summed E-state index contributed by atoms with van der Waals surface area (Å²) in [6.07, 6.45) is 0.227. The number of carbonyl (C=O) groups excluding carboxylic acids is 3. The lowest BCUT2D eigenvalue weighted by Crippen LogP contribution is -2.30. The van der Waals surface area contributed by atoms with Crippen molar-refractivity contribution in [3.8, 4) is 28.4 Å². The normalized spacial score (nSPS) is 10.8. The molecule has 0 saturated heterocycles. The smallest absolute Gasteiger partial charge is 0.253 e. The van der Waals surface area contributed by atoms with Crippen molar-refractivity contribution in [1.82, 2.24) is 9.47 Å². The van der Waals surface area contributed by atoms with Crippen LogP contribution in [0.4, 0.5) is 17.6 Å². The molecular formula is C47H42Br2F4N2O5. The lowest BCUT2D eigenvalue weighted by molar-refractivity contribution is -0.117. The lowest BCUT2D eigenvalue weighted by Gasteiger charge is -2.19. The molecule has 312 valence electrons. The van der Waals surface area contributed by atoms with E-state index in [1.54, 1.807) is 23.1 Å². The molecule has 1 aromatic heterocycles. The average molecular weight is 951 g/mol. The van der Waals surface area contributed by atoms with E-state index < -0.39 is 23.3 Å². The van der Waals surface area contributed by atoms with Gasteiger partial charge in [0.05, 0.1) is 11.3 Å². The molecule has 0 aliphatic rings. The van der Waals surface area contributed by atoms with Crippen LogP contribution in [0.5, 0.6) is 11.5 Å². The van der Waals surface area contributed by atoms with Crippen LogP contribution in [0.2, 0.25) is 0 Å². The molecule has 0 radical (unpaired) electrons. The summed E-state index contributed by atoms with van der Waals surface area (Å²) in [5.74, 6) is -2.10. The molecule has 0 atom stereocenters. The third kappa shape index (κ3) is 11.8. The number of Topliss-reactive ketones (excluding diaryl/α,β-unsaturated/α-hetero) is 2. The Kier molecular flexibility index (Phi) is 16.0. The Morgan fingerprint density at radius 2 is 1.20 bits per heavy atom. The fraction of sp³-hybridized carbons (Fsp3) is 0.213. The SMILES string of the molecule is CC(=O)CCC(=O)c1cc(Br)ccc1OCc1ccc(F)cc1F.CCN(CC)C(=O)c1ccc(-n2c(C)ccc2-c2cc(Br)ccc2OCc2ccc(F)cc2F)cc1. The quantitative estimate of drug-likeness (QED) is 0.0757. The number of aromatic nitrogens is 1. The van der Waals surface area contributed by atoms with Gasteiger partial charge in [0.2, 0.25) is 0 Å². The summed E-state index contributed by atoms with van der Waals surface area (Å²) in [4.78, 5) is 37.8. The van der Waals surface area contributed by atoms with Crippen molar-refractivity contribution >= 4 is 49.3 Å². The highest BCUT2D eigenvalue weighted by molar-refractivity contribution is 9.10. The Labute approximate surface area is 363 Å². The first-order chi connectivity index (χ1) is 28.7. The second-order valence-electron chi connectivity index (χ2n) is 13.7. The topological polar surface area (TPSA) is 77.8 Å². The number of rotatable bonds is 15. The number of ether oxygens (including phenoxy) is 2. The molecule has 0 spiro atoms. The Bertz CT molecular complexity index is 2490. The molecular weight excluding hydrogens is 908 g/mol. The summed E-state index contributed by atoms with van der Waals surface area (Å²) in [7, 11) is 0. The number of hydrogen-bond acceptors (Lipinski definition) is 5. The second-order valence-corrected chi connectivity index (χ2v) is 15.5. The largest absolute Gasteiger partial charge is 0.488 e. The minimum atomic E-state index is -0.712. The summed E-state index contributed by atoms with van der Waals surface area (Å²) in [5, 5.41) is 0. The first kappa shape index (κ1) is 45.6. The molecule has 0 unspecified atom stereocenters. The summed E-state index contributed by atoms with van der Waals surface area (Å²) < 4.78 is 69.2. The van der Waals surface area contributed by atoms with Gasteiger partial charge in [-0.15, -0.1) is 0 Å². The van der Waals surface area contributed by atoms with Gasteiger partial charge < -0.3 is 23.7 Å². The van der Waals surface area contributed by atoms with Crippen molar-refractivity contribution in [2.75, 3.05) is 13.1 Å². The van der Waals surface area contributed by atoms with E-state index in [0.29, 0.717) is 34.4 Å². The van der Waals surface area contributed by atoms with E-state index in [9.17, 15) is 31.9 Å². The number of halogens is 6. The van der Waals surface area contributed by atoms with E-state index in [0.717, 1.165) is 45.3 Å². The van der Waals surface area contributed by atoms with Gasteiger partial charge in [-0.3, -0.25) is 9.59 Å². The third-order valence-corrected chi connectivity index (χ3v) is 10.4. The Morgan fingerprint density at radius 3 is 1.75 bits per heavy atom. The molecule has 1 heterocycles. The van der Waals surface area contributed by atoms with E-state index in [2.05, 4.69) is 36.4 Å². The van der Waals surface area contributed by atoms with Crippen LogP contribution in [0.25, 0.3) is 16.9 Å². The predicted octanol–water partition coefficient (Wildman–Crippen LogP) is 12.4. The summed E-state index contributed by atoms with van der Waals surface area (Å²) in [6.45, 7) is 8.49. The number of ketones is 2. The summed E-state index contributed by atoms with van der Waals surface area (Å²) in [5.41, 5.74) is 5.00. The molecule has 0 bridgehead atoms. The van der Waals surface area contributed by atoms with Crippen LogP contribution in [0.15, 0.2) is 118 Å². The second kappa shape index (κ2) is 21.1. The molecule has 5 aromatic carbocycles. The van der Waals surface area contributed by atoms with Gasteiger partial charge in [-0.05, 0) is 125 Å². The minimum Gasteiger partial charge on any atom is -0.488 e. The molecule has 0 aliphatic heterocycles. The summed E-state index contributed by atoms with van der Waals surface area (Å²) >= 11 is 6.82. The van der Waals surface area contributed by atoms with Gasteiger partial charge in [-0.25, -0.2) is 17.6 Å². The molecule has 6 aromatic rings. The Balaban J connectivity index is 0.000000247. The molecule has 1 amide bonds. The number of carbonyl (C=O) groups is 3. The van der Waals surface area contributed by atoms with Crippen LogP contribution in [-0.4, -0.2) is 40.0 Å². The van der Waals surface area contributed by atoms with Crippen LogP contribution in [0, 0.1) is 30.2 Å². The Morgan fingerprint density at radius 1 is 0.650 bits per heavy atom. The molecule has 0 N–H and O–H groups in total. The van der Waals surface area contributed by atoms with Gasteiger partial charge in [-0.2, -0.15) is 0 Å². The zero-order valence-corrected chi connectivity index (χ0v) is 36.5. The molecule has 13 heteroatoms. The van der Waals surface area contributed by atoms with Crippen LogP contribution in [-0.2, 0) is 18.0 Å². The monoisotopic (exact) mass is 948 g/mol. The lowest BCUT2D eigenvalue weighted by atomic mass is 10.0. The highest BCUT2D eigenvalue weighted by atomic mass is 79.9. The van der Waals surface area contributed by atoms with Crippen LogP contribution < -0.4 is 9.47 Å². The highest BCUT2D eigenvalue weighted by Gasteiger charge is 2.18. The highest BCUT2D eigenvalue weighted by Crippen LogP contribution is 2.36. The van der Waals surface area contributed by atoms with Crippen molar-refractivity contribution in [2.24, 2.45) is 0 Å². The molecule has 0 fully saturated rings. The van der Waals surface area contributed by atoms with E-state index in [1.807, 2.05) is 75.4 Å². The standard InChI is InChI=1S/C29H27BrF2N2O2.C18H15BrF2O3/c1-4-33(5-2)29(35)20-8-12-24(13-9-20)34-19(3)6-14-27(34)25-16-22(30)10-15-28(25)36-18-21-7-11-23(31)17-26(21)32;1-11(22)2-6-17(23)15-8-13(19)4-7-18(15)24-10-12-3-5-14(20)9-16(12)21/h6-17H,4-5,18H2,1-3H3;3-5,7-9H,2,6,10H2,1H3. The van der Waals surface area contributed by atoms with Gasteiger partial charge in [0.25, 0.3) is 5.91 Å². The fourth-order valence-corrected chi connectivity index (χ4v) is 6.95. The number of nitrogens with zero attached hydrogens (tertiary/aromatic N) is 2. The van der Waals surface area contributed by atoms with Crippen molar-refractivity contribution in [3.63, 3.8) is 0 Å². The van der Waals surface area contributed by atoms with E-state index >= 15 is 0 Å². The first-order valence-corrected chi connectivity index (χ1v) is 20.6. The van der Waals surface area contributed by atoms with Gasteiger partial charge in [0.1, 0.15) is 53.8 Å². The van der Waals surface area contributed by atoms with Crippen LogP contribution in [0.1, 0.15) is 71.1 Å². The minimum absolute atomic E-state index is 0.00621. The molecule has 6 rings (SSSR count). The fourth-order valence-electron chi connectivity index (χ4n) is 6.22. The van der Waals surface area contributed by atoms with Crippen molar-refractivity contribution < 1.29 is 41.4 Å². The van der Waals surface area contributed by atoms with Crippen molar-refractivity contribution in [2.45, 2.75) is 53.8 Å². The third-order valence-electron chi connectivity index (χ3n) is 9.46. The number of amides is 1. The zero-order valence-electron chi connectivity index (χ0n) is 33.3. The maximum absolute atomic E-state index is 14.2. The van der Waals surface area contributed by atoms with E-state index in [-0.39, 0.29) is 60.4 Å². The maximum atomic E-state index is 14.2. The zero-order chi connectivity index (χ0) is 43.5. The van der Waals surface area contributed by atoms with Gasteiger partial charge in [-0.1, -0.05) is 31.9 Å². The molecule has 0 aliphatic carbocycles. The number of hydrogen-bond donors (Lipinski definition) is 0. The molecule has 60 heavy (non-hydrogen) atoms. The van der Waals surface area contributed by atoms with Gasteiger partial charge in [0.15, 0.2) is 5.78 Å². The summed E-state index contributed by atoms with van der Waals surface area (Å²) in [6, 6.07) is 28.7. The first-order valence-electron chi connectivity index (χ1n) is 19.0. The Hall–Kier alpha value is -5.53. The van der Waals surface area contributed by atoms with E-state index in [1.165, 1.54) is 25.1 Å². The predicted molar refractivity (Wildman–Crippen MR) is 231 cm³/mol. The van der Waals surface area contributed by atoms with Crippen molar-refractivity contribution in [3.05, 3.63) is 169 Å². The van der Waals surface area contributed by atoms with Gasteiger partial charge >= 0.3 is 0 Å².